The normalized spacial score (nSPS) is 20.6. The largest absolute Gasteiger partial charge is 0.370 e. The first kappa shape index (κ1) is 13.9. The monoisotopic (exact) mass is 264 g/mol. The third-order valence-corrected chi connectivity index (χ3v) is 3.66. The van der Waals surface area contributed by atoms with Gasteiger partial charge in [-0.3, -0.25) is 4.90 Å². The number of piperazine rings is 1. The number of likely N-dealkylation sites (N-methyl/N-ethyl adjacent to an activating group) is 1. The summed E-state index contributed by atoms with van der Waals surface area (Å²) in [6.07, 6.45) is 1.15. The Balaban J connectivity index is 2.17. The Morgan fingerprint density at radius 2 is 2.16 bits per heavy atom. The van der Waals surface area contributed by atoms with E-state index in [9.17, 15) is 0 Å². The van der Waals surface area contributed by atoms with Gasteiger partial charge in [-0.2, -0.15) is 9.97 Å². The summed E-state index contributed by atoms with van der Waals surface area (Å²) in [4.78, 5) is 13.3. The molecule has 0 saturated carbocycles. The second-order valence-electron chi connectivity index (χ2n) is 4.99. The van der Waals surface area contributed by atoms with E-state index in [4.69, 9.17) is 5.73 Å². The van der Waals surface area contributed by atoms with Crippen LogP contribution in [0.15, 0.2) is 6.07 Å². The van der Waals surface area contributed by atoms with Crippen LogP contribution in [0.4, 0.5) is 17.6 Å². The third kappa shape index (κ3) is 3.26. The lowest BCUT2D eigenvalue weighted by Gasteiger charge is -2.39. The van der Waals surface area contributed by atoms with Gasteiger partial charge in [0.15, 0.2) is 0 Å². The molecule has 1 aliphatic rings. The highest BCUT2D eigenvalue weighted by Gasteiger charge is 2.24. The zero-order chi connectivity index (χ0) is 13.8. The van der Waals surface area contributed by atoms with Crippen LogP contribution in [-0.4, -0.2) is 54.1 Å². The van der Waals surface area contributed by atoms with Crippen molar-refractivity contribution >= 4 is 17.6 Å². The van der Waals surface area contributed by atoms with Gasteiger partial charge in [0.25, 0.3) is 0 Å². The van der Waals surface area contributed by atoms with Crippen LogP contribution in [0.2, 0.25) is 0 Å². The van der Waals surface area contributed by atoms with Crippen LogP contribution in [0.5, 0.6) is 0 Å². The van der Waals surface area contributed by atoms with Crippen molar-refractivity contribution < 1.29 is 0 Å². The van der Waals surface area contributed by atoms with Crippen molar-refractivity contribution in [3.8, 4) is 0 Å². The lowest BCUT2D eigenvalue weighted by atomic mass is 10.1. The van der Waals surface area contributed by atoms with Crippen LogP contribution in [0, 0.1) is 0 Å². The predicted octanol–water partition coefficient (Wildman–Crippen LogP) is 1.02. The number of nitrogen functional groups attached to an aromatic ring is 1. The average molecular weight is 264 g/mol. The molecule has 0 aromatic carbocycles. The van der Waals surface area contributed by atoms with E-state index in [-0.39, 0.29) is 0 Å². The molecule has 2 rings (SSSR count). The van der Waals surface area contributed by atoms with Crippen molar-refractivity contribution in [1.82, 2.24) is 14.9 Å². The average Bonchev–Trinajstić information content (AvgIpc) is 2.39. The van der Waals surface area contributed by atoms with E-state index in [1.54, 1.807) is 0 Å². The van der Waals surface area contributed by atoms with Crippen LogP contribution < -0.4 is 16.0 Å². The first-order chi connectivity index (χ1) is 9.13. The molecule has 1 aliphatic heterocycles. The van der Waals surface area contributed by atoms with Gasteiger partial charge >= 0.3 is 0 Å². The molecule has 3 N–H and O–H groups in total. The van der Waals surface area contributed by atoms with Gasteiger partial charge in [-0.05, 0) is 20.4 Å². The number of aromatic nitrogens is 2. The quantitative estimate of drug-likeness (QED) is 0.846. The van der Waals surface area contributed by atoms with Crippen molar-refractivity contribution in [1.29, 1.82) is 0 Å². The first-order valence-electron chi connectivity index (χ1n) is 6.97. The highest BCUT2D eigenvalue weighted by atomic mass is 15.3. The molecule has 1 unspecified atom stereocenters. The Kier molecular flexibility index (Phi) is 4.42. The molecule has 19 heavy (non-hydrogen) atoms. The molecule has 0 spiro atoms. The van der Waals surface area contributed by atoms with Crippen LogP contribution >= 0.6 is 0 Å². The fourth-order valence-electron chi connectivity index (χ4n) is 2.48. The van der Waals surface area contributed by atoms with Gasteiger partial charge < -0.3 is 16.0 Å². The smallest absolute Gasteiger partial charge is 0.223 e. The van der Waals surface area contributed by atoms with E-state index in [0.29, 0.717) is 12.0 Å². The summed E-state index contributed by atoms with van der Waals surface area (Å²) in [5, 5.41) is 3.19. The second-order valence-corrected chi connectivity index (χ2v) is 4.99. The molecule has 0 radical (unpaired) electrons. The minimum absolute atomic E-state index is 0.334. The number of nitrogens with two attached hydrogens (primary N) is 1. The Morgan fingerprint density at radius 3 is 2.84 bits per heavy atom. The molecule has 6 nitrogen and oxygen atoms in total. The van der Waals surface area contributed by atoms with E-state index in [1.807, 2.05) is 13.0 Å². The summed E-state index contributed by atoms with van der Waals surface area (Å²) in [5.74, 6) is 2.06. The summed E-state index contributed by atoms with van der Waals surface area (Å²) < 4.78 is 0. The minimum atomic E-state index is 0.334. The van der Waals surface area contributed by atoms with Crippen LogP contribution in [0.3, 0.4) is 0 Å². The predicted molar refractivity (Wildman–Crippen MR) is 79.5 cm³/mol. The number of anilines is 3. The summed E-state index contributed by atoms with van der Waals surface area (Å²) in [6, 6.07) is 2.56. The summed E-state index contributed by atoms with van der Waals surface area (Å²) >= 11 is 0. The summed E-state index contributed by atoms with van der Waals surface area (Å²) in [7, 11) is 2.18. The molecule has 1 aromatic rings. The Morgan fingerprint density at radius 1 is 1.37 bits per heavy atom. The maximum Gasteiger partial charge on any atom is 0.223 e. The van der Waals surface area contributed by atoms with E-state index in [2.05, 4.69) is 39.1 Å². The van der Waals surface area contributed by atoms with Gasteiger partial charge in [0.05, 0.1) is 0 Å². The Bertz CT molecular complexity index is 422. The number of nitrogens with one attached hydrogen (secondary N) is 1. The molecule has 1 aromatic heterocycles. The zero-order valence-electron chi connectivity index (χ0n) is 12.1. The maximum absolute atomic E-state index is 5.79. The Hall–Kier alpha value is -1.56. The van der Waals surface area contributed by atoms with Crippen LogP contribution in [0.25, 0.3) is 0 Å². The minimum Gasteiger partial charge on any atom is -0.370 e. The van der Waals surface area contributed by atoms with Gasteiger partial charge in [0.2, 0.25) is 5.95 Å². The molecule has 0 amide bonds. The Labute approximate surface area is 115 Å². The van der Waals surface area contributed by atoms with E-state index in [1.165, 1.54) is 0 Å². The summed E-state index contributed by atoms with van der Waals surface area (Å²) in [6.45, 7) is 8.13. The third-order valence-electron chi connectivity index (χ3n) is 3.66. The topological polar surface area (TPSA) is 70.3 Å². The number of nitrogens with zero attached hydrogens (tertiary/aromatic N) is 4. The van der Waals surface area contributed by atoms with Gasteiger partial charge in [0.1, 0.15) is 11.6 Å². The lowest BCUT2D eigenvalue weighted by Crippen LogP contribution is -2.51. The van der Waals surface area contributed by atoms with Crippen LogP contribution in [0.1, 0.15) is 20.3 Å². The fraction of sp³-hybridized carbons (Fsp3) is 0.692. The molecule has 6 heteroatoms. The van der Waals surface area contributed by atoms with Crippen molar-refractivity contribution in [2.45, 2.75) is 26.3 Å². The molecular formula is C13H24N6. The van der Waals surface area contributed by atoms with Gasteiger partial charge in [-0.15, -0.1) is 0 Å². The first-order valence-corrected chi connectivity index (χ1v) is 6.97. The second kappa shape index (κ2) is 6.06. The van der Waals surface area contributed by atoms with Crippen molar-refractivity contribution in [3.63, 3.8) is 0 Å². The fourth-order valence-corrected chi connectivity index (χ4v) is 2.48. The highest BCUT2D eigenvalue weighted by Crippen LogP contribution is 2.21. The SMILES string of the molecule is CCNc1cc(N2CCN(C)C(CC)C2)nc(N)n1. The molecule has 106 valence electrons. The van der Waals surface area contributed by atoms with Crippen molar-refractivity contribution in [2.24, 2.45) is 0 Å². The maximum atomic E-state index is 5.79. The van der Waals surface area contributed by atoms with Crippen LogP contribution in [-0.2, 0) is 0 Å². The van der Waals surface area contributed by atoms with E-state index in [0.717, 1.165) is 44.2 Å². The molecule has 0 aliphatic carbocycles. The van der Waals surface area contributed by atoms with Gasteiger partial charge in [0, 0.05) is 38.3 Å². The van der Waals surface area contributed by atoms with Crippen molar-refractivity contribution in [3.05, 3.63) is 6.07 Å². The highest BCUT2D eigenvalue weighted by molar-refractivity contribution is 5.53. The molecule has 1 atom stereocenters. The number of hydrogen-bond acceptors (Lipinski definition) is 6. The van der Waals surface area contributed by atoms with Gasteiger partial charge in [-0.25, -0.2) is 0 Å². The van der Waals surface area contributed by atoms with Crippen molar-refractivity contribution in [2.75, 3.05) is 49.2 Å². The lowest BCUT2D eigenvalue weighted by molar-refractivity contribution is 0.213. The summed E-state index contributed by atoms with van der Waals surface area (Å²) in [5.41, 5.74) is 5.79. The molecule has 0 bridgehead atoms. The zero-order valence-corrected chi connectivity index (χ0v) is 12.1. The molecule has 1 saturated heterocycles. The van der Waals surface area contributed by atoms with E-state index < -0.39 is 0 Å². The molecule has 2 heterocycles. The molecule has 1 fully saturated rings. The standard InChI is InChI=1S/C13H24N6/c1-4-10-9-19(7-6-18(10)3)12-8-11(15-5-2)16-13(14)17-12/h8,10H,4-7,9H2,1-3H3,(H3,14,15,16,17). The van der Waals surface area contributed by atoms with Gasteiger partial charge in [-0.1, -0.05) is 6.92 Å². The molecular weight excluding hydrogens is 240 g/mol. The van der Waals surface area contributed by atoms with E-state index >= 15 is 0 Å². The number of hydrogen-bond donors (Lipinski definition) is 2. The number of rotatable bonds is 4.